The van der Waals surface area contributed by atoms with Crippen molar-refractivity contribution < 1.29 is 13.3 Å². The minimum Gasteiger partial charge on any atom is -0.357 e. The molecule has 11 heteroatoms. The first kappa shape index (κ1) is 24.0. The number of nitro benzene ring substituents is 1. The summed E-state index contributed by atoms with van der Waals surface area (Å²) >= 11 is 0. The lowest BCUT2D eigenvalue weighted by molar-refractivity contribution is -0.385. The van der Waals surface area contributed by atoms with E-state index in [9.17, 15) is 18.5 Å². The van der Waals surface area contributed by atoms with Crippen LogP contribution in [0.1, 0.15) is 27.7 Å². The Labute approximate surface area is 178 Å². The molecule has 0 saturated carbocycles. The molecule has 2 unspecified atom stereocenters. The van der Waals surface area contributed by atoms with Gasteiger partial charge < -0.3 is 10.6 Å². The van der Waals surface area contributed by atoms with Crippen molar-refractivity contribution in [1.29, 1.82) is 0 Å². The Morgan fingerprint density at radius 3 is 2.70 bits per heavy atom. The molecule has 0 spiro atoms. The molecular formula is C19H32N6O4S. The summed E-state index contributed by atoms with van der Waals surface area (Å²) in [6.45, 7) is 11.5. The summed E-state index contributed by atoms with van der Waals surface area (Å²) in [5.74, 6) is 1.12. The van der Waals surface area contributed by atoms with Gasteiger partial charge in [0.1, 0.15) is 0 Å². The predicted octanol–water partition coefficient (Wildman–Crippen LogP) is 1.16. The Bertz CT molecular complexity index is 858. The third-order valence-corrected chi connectivity index (χ3v) is 6.51. The molecule has 0 bridgehead atoms. The number of likely N-dealkylation sites (tertiary alicyclic amines) is 1. The summed E-state index contributed by atoms with van der Waals surface area (Å²) in [5.41, 5.74) is -0.268. The van der Waals surface area contributed by atoms with Crippen molar-refractivity contribution in [2.75, 3.05) is 32.7 Å². The predicted molar refractivity (Wildman–Crippen MR) is 117 cm³/mol. The minimum atomic E-state index is -3.85. The lowest BCUT2D eigenvalue weighted by atomic mass is 10.1. The maximum Gasteiger partial charge on any atom is 0.270 e. The topological polar surface area (TPSA) is 129 Å². The zero-order valence-corrected chi connectivity index (χ0v) is 18.8. The molecular weight excluding hydrogens is 408 g/mol. The fraction of sp³-hybridized carbons (Fsp3) is 0.632. The Morgan fingerprint density at radius 1 is 1.37 bits per heavy atom. The van der Waals surface area contributed by atoms with E-state index in [0.29, 0.717) is 24.5 Å². The van der Waals surface area contributed by atoms with Gasteiger partial charge >= 0.3 is 0 Å². The number of hydrogen-bond donors (Lipinski definition) is 3. The van der Waals surface area contributed by atoms with Gasteiger partial charge in [0.25, 0.3) is 5.69 Å². The van der Waals surface area contributed by atoms with Gasteiger partial charge in [0.05, 0.1) is 16.4 Å². The average Bonchev–Trinajstić information content (AvgIpc) is 3.06. The van der Waals surface area contributed by atoms with Crippen LogP contribution < -0.4 is 15.4 Å². The first-order valence-electron chi connectivity index (χ1n) is 10.2. The molecule has 0 aromatic heterocycles. The van der Waals surface area contributed by atoms with Crippen LogP contribution in [0.25, 0.3) is 0 Å². The van der Waals surface area contributed by atoms with Crippen LogP contribution in [-0.2, 0) is 10.0 Å². The molecule has 1 aromatic carbocycles. The van der Waals surface area contributed by atoms with E-state index in [-0.39, 0.29) is 29.7 Å². The van der Waals surface area contributed by atoms with Crippen molar-refractivity contribution in [2.24, 2.45) is 10.9 Å². The lowest BCUT2D eigenvalue weighted by Gasteiger charge is -2.22. The summed E-state index contributed by atoms with van der Waals surface area (Å²) < 4.78 is 27.2. The van der Waals surface area contributed by atoms with Crippen molar-refractivity contribution in [2.45, 2.75) is 44.7 Å². The number of guanidine groups is 1. The van der Waals surface area contributed by atoms with Gasteiger partial charge in [-0.25, -0.2) is 13.1 Å². The van der Waals surface area contributed by atoms with Crippen molar-refractivity contribution in [3.8, 4) is 0 Å². The van der Waals surface area contributed by atoms with Crippen LogP contribution in [0.3, 0.4) is 0 Å². The molecule has 0 radical (unpaired) electrons. The maximum atomic E-state index is 12.4. The van der Waals surface area contributed by atoms with Crippen LogP contribution in [0.2, 0.25) is 0 Å². The number of nitrogens with zero attached hydrogens (tertiary/aromatic N) is 3. The number of nitro groups is 1. The maximum absolute atomic E-state index is 12.4. The summed E-state index contributed by atoms with van der Waals surface area (Å²) in [4.78, 5) is 17.0. The molecule has 0 aliphatic carbocycles. The third-order valence-electron chi connectivity index (χ3n) is 5.05. The molecule has 3 N–H and O–H groups in total. The fourth-order valence-electron chi connectivity index (χ4n) is 3.30. The van der Waals surface area contributed by atoms with E-state index in [4.69, 9.17) is 0 Å². The lowest BCUT2D eigenvalue weighted by Crippen LogP contribution is -2.47. The van der Waals surface area contributed by atoms with Gasteiger partial charge in [-0.05, 0) is 32.8 Å². The van der Waals surface area contributed by atoms with Crippen LogP contribution in [0, 0.1) is 16.0 Å². The highest BCUT2D eigenvalue weighted by atomic mass is 32.2. The number of benzene rings is 1. The molecule has 0 amide bonds. The van der Waals surface area contributed by atoms with E-state index >= 15 is 0 Å². The molecule has 1 heterocycles. The zero-order chi connectivity index (χ0) is 22.3. The van der Waals surface area contributed by atoms with Crippen LogP contribution in [0.15, 0.2) is 34.2 Å². The Morgan fingerprint density at radius 2 is 2.10 bits per heavy atom. The molecule has 1 aliphatic heterocycles. The summed E-state index contributed by atoms with van der Waals surface area (Å²) in [7, 11) is -3.85. The van der Waals surface area contributed by atoms with Gasteiger partial charge in [-0.15, -0.1) is 0 Å². The van der Waals surface area contributed by atoms with E-state index in [0.717, 1.165) is 19.2 Å². The number of aliphatic imine (C=N–C) groups is 1. The van der Waals surface area contributed by atoms with Gasteiger partial charge in [-0.3, -0.25) is 20.0 Å². The molecule has 2 rings (SSSR count). The number of hydrogen-bond acceptors (Lipinski definition) is 6. The molecule has 2 atom stereocenters. The normalized spacial score (nSPS) is 20.5. The van der Waals surface area contributed by atoms with E-state index in [2.05, 4.69) is 46.0 Å². The molecule has 30 heavy (non-hydrogen) atoms. The standard InChI is InChI=1S/C19H32N6O4S/c1-5-20-19(23-18-13-24(14(2)3)12-15(18)4)21-9-10-22-30(28,29)17-8-6-7-16(11-17)25(26)27/h6-8,11,14-15,18,22H,5,9-10,12-13H2,1-4H3,(H2,20,21,23). The van der Waals surface area contributed by atoms with Gasteiger partial charge in [-0.2, -0.15) is 0 Å². The second-order valence-electron chi connectivity index (χ2n) is 7.69. The van der Waals surface area contributed by atoms with Gasteiger partial charge in [-0.1, -0.05) is 13.0 Å². The van der Waals surface area contributed by atoms with E-state index < -0.39 is 14.9 Å². The van der Waals surface area contributed by atoms with Crippen molar-refractivity contribution in [1.82, 2.24) is 20.3 Å². The second-order valence-corrected chi connectivity index (χ2v) is 9.46. The first-order valence-corrected chi connectivity index (χ1v) is 11.7. The molecule has 1 saturated heterocycles. The van der Waals surface area contributed by atoms with Gasteiger partial charge in [0.15, 0.2) is 5.96 Å². The number of non-ortho nitro benzene ring substituents is 1. The van der Waals surface area contributed by atoms with Crippen molar-refractivity contribution in [3.05, 3.63) is 34.4 Å². The molecule has 1 aliphatic rings. The second kappa shape index (κ2) is 10.7. The number of sulfonamides is 1. The molecule has 10 nitrogen and oxygen atoms in total. The average molecular weight is 441 g/mol. The van der Waals surface area contributed by atoms with E-state index in [1.54, 1.807) is 0 Å². The Hall–Kier alpha value is -2.24. The summed E-state index contributed by atoms with van der Waals surface area (Å²) in [6, 6.07) is 5.73. The highest BCUT2D eigenvalue weighted by Gasteiger charge is 2.31. The van der Waals surface area contributed by atoms with E-state index in [1.165, 1.54) is 18.2 Å². The quantitative estimate of drug-likeness (QED) is 0.173. The van der Waals surface area contributed by atoms with Gasteiger partial charge in [0.2, 0.25) is 10.0 Å². The fourth-order valence-corrected chi connectivity index (χ4v) is 4.37. The molecule has 1 aromatic rings. The Balaban J connectivity index is 1.94. The number of rotatable bonds is 9. The monoisotopic (exact) mass is 440 g/mol. The largest absolute Gasteiger partial charge is 0.357 e. The third kappa shape index (κ3) is 6.64. The Kier molecular flexibility index (Phi) is 8.56. The van der Waals surface area contributed by atoms with Crippen LogP contribution >= 0.6 is 0 Å². The smallest absolute Gasteiger partial charge is 0.270 e. The van der Waals surface area contributed by atoms with Crippen LogP contribution in [-0.4, -0.2) is 69.0 Å². The van der Waals surface area contributed by atoms with Crippen molar-refractivity contribution in [3.63, 3.8) is 0 Å². The summed E-state index contributed by atoms with van der Waals surface area (Å²) in [5, 5.41) is 17.5. The van der Waals surface area contributed by atoms with Crippen LogP contribution in [0.4, 0.5) is 5.69 Å². The van der Waals surface area contributed by atoms with Crippen molar-refractivity contribution >= 4 is 21.7 Å². The number of nitrogens with one attached hydrogen (secondary N) is 3. The minimum absolute atomic E-state index is 0.0833. The molecule has 168 valence electrons. The highest BCUT2D eigenvalue weighted by molar-refractivity contribution is 7.89. The van der Waals surface area contributed by atoms with E-state index in [1.807, 2.05) is 6.92 Å². The molecule has 1 fully saturated rings. The zero-order valence-electron chi connectivity index (χ0n) is 18.0. The first-order chi connectivity index (χ1) is 14.1. The SMILES string of the molecule is CCNC(=NCCNS(=O)(=O)c1cccc([N+](=O)[O-])c1)NC1CN(C(C)C)CC1C. The van der Waals surface area contributed by atoms with Gasteiger partial charge in [0, 0.05) is 50.4 Å². The highest BCUT2D eigenvalue weighted by Crippen LogP contribution is 2.19. The van der Waals surface area contributed by atoms with Crippen LogP contribution in [0.5, 0.6) is 0 Å². The summed E-state index contributed by atoms with van der Waals surface area (Å²) in [6.07, 6.45) is 0.